The molecule has 0 bridgehead atoms. The van der Waals surface area contributed by atoms with E-state index >= 15 is 0 Å². The minimum Gasteiger partial charge on any atom is -0.486 e. The number of rotatable bonds is 3. The molecule has 1 aromatic carbocycles. The van der Waals surface area contributed by atoms with E-state index in [2.05, 4.69) is 0 Å². The summed E-state index contributed by atoms with van der Waals surface area (Å²) in [6, 6.07) is 2.66. The molecule has 1 fully saturated rings. The number of ether oxygens (including phenoxy) is 2. The van der Waals surface area contributed by atoms with Gasteiger partial charge in [0.15, 0.2) is 11.5 Å². The predicted molar refractivity (Wildman–Crippen MR) is 87.7 cm³/mol. The Labute approximate surface area is 145 Å². The number of carboxylic acids is 1. The zero-order valence-electron chi connectivity index (χ0n) is 13.5. The molecule has 7 heteroatoms. The van der Waals surface area contributed by atoms with Gasteiger partial charge in [-0.2, -0.15) is 0 Å². The molecule has 3 rings (SSSR count). The highest BCUT2D eigenvalue weighted by Crippen LogP contribution is 2.38. The molecule has 24 heavy (non-hydrogen) atoms. The van der Waals surface area contributed by atoms with Crippen LogP contribution < -0.4 is 9.47 Å². The lowest BCUT2D eigenvalue weighted by molar-refractivity contribution is -0.152. The van der Waals surface area contributed by atoms with Crippen molar-refractivity contribution >= 4 is 23.5 Å². The normalized spacial score (nSPS) is 23.0. The summed E-state index contributed by atoms with van der Waals surface area (Å²) in [6.07, 6.45) is 1.40. The largest absolute Gasteiger partial charge is 0.486 e. The molecule has 2 aliphatic rings. The first-order valence-corrected chi connectivity index (χ1v) is 8.44. The van der Waals surface area contributed by atoms with Gasteiger partial charge in [0.2, 0.25) is 5.91 Å². The molecule has 6 nitrogen and oxygen atoms in total. The van der Waals surface area contributed by atoms with Crippen LogP contribution in [0.4, 0.5) is 0 Å². The Balaban J connectivity index is 1.76. The van der Waals surface area contributed by atoms with Crippen molar-refractivity contribution in [2.45, 2.75) is 32.2 Å². The topological polar surface area (TPSA) is 76.1 Å². The predicted octanol–water partition coefficient (Wildman–Crippen LogP) is 2.37. The molecule has 0 aliphatic carbocycles. The van der Waals surface area contributed by atoms with E-state index in [0.29, 0.717) is 54.2 Å². The third-order valence-corrected chi connectivity index (χ3v) is 4.76. The lowest BCUT2D eigenvalue weighted by Gasteiger charge is -2.36. The Kier molecular flexibility index (Phi) is 4.85. The number of hydrogen-bond acceptors (Lipinski definition) is 4. The van der Waals surface area contributed by atoms with E-state index in [0.717, 1.165) is 6.42 Å². The van der Waals surface area contributed by atoms with Crippen molar-refractivity contribution in [2.75, 3.05) is 19.8 Å². The fourth-order valence-electron chi connectivity index (χ4n) is 3.22. The summed E-state index contributed by atoms with van der Waals surface area (Å²) >= 11 is 6.19. The number of hydrogen-bond donors (Lipinski definition) is 1. The quantitative estimate of drug-likeness (QED) is 0.902. The molecule has 1 N–H and O–H groups in total. The molecular formula is C17H20ClNO5. The van der Waals surface area contributed by atoms with Crippen LogP contribution in [0.15, 0.2) is 12.1 Å². The molecule has 0 saturated carbocycles. The summed E-state index contributed by atoms with van der Waals surface area (Å²) in [7, 11) is 0. The Morgan fingerprint density at radius 2 is 2.08 bits per heavy atom. The van der Waals surface area contributed by atoms with E-state index in [9.17, 15) is 14.7 Å². The van der Waals surface area contributed by atoms with Crippen LogP contribution in [-0.2, 0) is 16.0 Å². The fraction of sp³-hybridized carbons (Fsp3) is 0.529. The van der Waals surface area contributed by atoms with Crippen LogP contribution in [-0.4, -0.2) is 47.7 Å². The molecule has 1 amide bonds. The first-order chi connectivity index (χ1) is 11.5. The molecule has 2 unspecified atom stereocenters. The minimum absolute atomic E-state index is 0.0918. The smallest absolute Gasteiger partial charge is 0.326 e. The van der Waals surface area contributed by atoms with Gasteiger partial charge in [-0.3, -0.25) is 4.79 Å². The molecule has 2 heterocycles. The molecule has 130 valence electrons. The molecule has 1 aromatic rings. The molecule has 2 aliphatic heterocycles. The summed E-state index contributed by atoms with van der Waals surface area (Å²) < 4.78 is 11.0. The maximum atomic E-state index is 12.6. The molecule has 2 atom stereocenters. The van der Waals surface area contributed by atoms with Crippen LogP contribution in [0, 0.1) is 5.92 Å². The number of amides is 1. The molecule has 0 radical (unpaired) electrons. The fourth-order valence-corrected chi connectivity index (χ4v) is 3.50. The standard InChI is InChI=1S/C17H20ClNO5/c1-10-2-3-19(13(6-10)17(21)22)15(20)9-11-7-12(18)16-14(8-11)23-4-5-24-16/h7-8,10,13H,2-6,9H2,1H3,(H,21,22). The lowest BCUT2D eigenvalue weighted by Crippen LogP contribution is -2.50. The SMILES string of the molecule is CC1CCN(C(=O)Cc2cc(Cl)c3c(c2)OCCO3)C(C(=O)O)C1. The Morgan fingerprint density at radius 3 is 2.83 bits per heavy atom. The van der Waals surface area contributed by atoms with Crippen molar-refractivity contribution in [1.29, 1.82) is 0 Å². The first-order valence-electron chi connectivity index (χ1n) is 8.06. The van der Waals surface area contributed by atoms with Crippen LogP contribution in [0.3, 0.4) is 0 Å². The van der Waals surface area contributed by atoms with E-state index in [1.807, 2.05) is 6.92 Å². The van der Waals surface area contributed by atoms with Gasteiger partial charge in [0.1, 0.15) is 19.3 Å². The van der Waals surface area contributed by atoms with E-state index < -0.39 is 12.0 Å². The third kappa shape index (κ3) is 3.43. The Bertz CT molecular complexity index is 663. The monoisotopic (exact) mass is 353 g/mol. The number of halogens is 1. The molecule has 1 saturated heterocycles. The van der Waals surface area contributed by atoms with Crippen molar-refractivity contribution in [2.24, 2.45) is 5.92 Å². The van der Waals surface area contributed by atoms with Crippen molar-refractivity contribution in [3.63, 3.8) is 0 Å². The number of benzene rings is 1. The number of carbonyl (C=O) groups excluding carboxylic acids is 1. The summed E-state index contributed by atoms with van der Waals surface area (Å²) in [5.41, 5.74) is 0.692. The minimum atomic E-state index is -0.949. The lowest BCUT2D eigenvalue weighted by atomic mass is 9.92. The highest BCUT2D eigenvalue weighted by Gasteiger charge is 2.34. The van der Waals surface area contributed by atoms with Gasteiger partial charge in [-0.05, 0) is 36.5 Å². The van der Waals surface area contributed by atoms with Gasteiger partial charge in [-0.15, -0.1) is 0 Å². The van der Waals surface area contributed by atoms with Gasteiger partial charge in [0, 0.05) is 6.54 Å². The molecule has 0 spiro atoms. The van der Waals surface area contributed by atoms with Gasteiger partial charge in [0.05, 0.1) is 11.4 Å². The maximum absolute atomic E-state index is 12.6. The Morgan fingerprint density at radius 1 is 1.33 bits per heavy atom. The van der Waals surface area contributed by atoms with Crippen molar-refractivity contribution in [3.8, 4) is 11.5 Å². The van der Waals surface area contributed by atoms with Crippen LogP contribution in [0.2, 0.25) is 5.02 Å². The highest BCUT2D eigenvalue weighted by molar-refractivity contribution is 6.32. The van der Waals surface area contributed by atoms with Gasteiger partial charge in [-0.1, -0.05) is 18.5 Å². The van der Waals surface area contributed by atoms with E-state index in [4.69, 9.17) is 21.1 Å². The van der Waals surface area contributed by atoms with Gasteiger partial charge in [-0.25, -0.2) is 4.79 Å². The highest BCUT2D eigenvalue weighted by atomic mass is 35.5. The van der Waals surface area contributed by atoms with E-state index in [1.54, 1.807) is 12.1 Å². The number of aliphatic carboxylic acids is 1. The van der Waals surface area contributed by atoms with Crippen molar-refractivity contribution in [3.05, 3.63) is 22.7 Å². The molecular weight excluding hydrogens is 334 g/mol. The number of nitrogens with zero attached hydrogens (tertiary/aromatic N) is 1. The third-order valence-electron chi connectivity index (χ3n) is 4.48. The molecule has 0 aromatic heterocycles. The van der Waals surface area contributed by atoms with Crippen LogP contribution in [0.1, 0.15) is 25.3 Å². The zero-order chi connectivity index (χ0) is 17.3. The number of piperidine rings is 1. The second kappa shape index (κ2) is 6.89. The summed E-state index contributed by atoms with van der Waals surface area (Å²) in [6.45, 7) is 3.36. The van der Waals surface area contributed by atoms with Gasteiger partial charge < -0.3 is 19.5 Å². The number of carbonyl (C=O) groups is 2. The van der Waals surface area contributed by atoms with Gasteiger partial charge in [0.25, 0.3) is 0 Å². The van der Waals surface area contributed by atoms with Crippen molar-refractivity contribution < 1.29 is 24.2 Å². The van der Waals surface area contributed by atoms with Crippen LogP contribution in [0.5, 0.6) is 11.5 Å². The summed E-state index contributed by atoms with van der Waals surface area (Å²) in [4.78, 5) is 25.5. The number of likely N-dealkylation sites (tertiary alicyclic amines) is 1. The maximum Gasteiger partial charge on any atom is 0.326 e. The number of carboxylic acid groups (broad SMARTS) is 1. The summed E-state index contributed by atoms with van der Waals surface area (Å²) in [5, 5.41) is 9.79. The van der Waals surface area contributed by atoms with Crippen LogP contribution in [0.25, 0.3) is 0 Å². The van der Waals surface area contributed by atoms with E-state index in [-0.39, 0.29) is 12.3 Å². The van der Waals surface area contributed by atoms with Gasteiger partial charge >= 0.3 is 5.97 Å². The number of fused-ring (bicyclic) bond motifs is 1. The summed E-state index contributed by atoms with van der Waals surface area (Å²) in [5.74, 6) is 0.170. The van der Waals surface area contributed by atoms with Crippen molar-refractivity contribution in [1.82, 2.24) is 4.90 Å². The zero-order valence-corrected chi connectivity index (χ0v) is 14.2. The Hall–Kier alpha value is -1.95. The first kappa shape index (κ1) is 16.9. The van der Waals surface area contributed by atoms with E-state index in [1.165, 1.54) is 4.90 Å². The average molecular weight is 354 g/mol. The second-order valence-electron chi connectivity index (χ2n) is 6.35. The second-order valence-corrected chi connectivity index (χ2v) is 6.76. The van der Waals surface area contributed by atoms with Crippen LogP contribution >= 0.6 is 11.6 Å². The average Bonchev–Trinajstić information content (AvgIpc) is 2.54.